The SMILES string of the molecule is CCCOc1cc(N)cc(N(C)CCSC)c1. The average molecular weight is 254 g/mol. The number of anilines is 2. The van der Waals surface area contributed by atoms with Crippen LogP contribution >= 0.6 is 11.8 Å². The number of rotatable bonds is 7. The second kappa shape index (κ2) is 7.33. The Bertz CT molecular complexity index is 344. The van der Waals surface area contributed by atoms with Crippen molar-refractivity contribution in [3.05, 3.63) is 18.2 Å². The van der Waals surface area contributed by atoms with Gasteiger partial charge in [-0.15, -0.1) is 0 Å². The van der Waals surface area contributed by atoms with Crippen LogP contribution in [0.4, 0.5) is 11.4 Å². The summed E-state index contributed by atoms with van der Waals surface area (Å²) in [7, 11) is 2.08. The van der Waals surface area contributed by atoms with Crippen LogP contribution in [0.1, 0.15) is 13.3 Å². The van der Waals surface area contributed by atoms with E-state index >= 15 is 0 Å². The monoisotopic (exact) mass is 254 g/mol. The molecule has 17 heavy (non-hydrogen) atoms. The maximum Gasteiger partial charge on any atom is 0.123 e. The Hall–Kier alpha value is -1.03. The van der Waals surface area contributed by atoms with Crippen LogP contribution < -0.4 is 15.4 Å². The van der Waals surface area contributed by atoms with Crippen molar-refractivity contribution < 1.29 is 4.74 Å². The van der Waals surface area contributed by atoms with E-state index in [2.05, 4.69) is 25.1 Å². The first kappa shape index (κ1) is 14.0. The van der Waals surface area contributed by atoms with Crippen molar-refractivity contribution in [2.75, 3.05) is 42.8 Å². The second-order valence-electron chi connectivity index (χ2n) is 4.02. The third kappa shape index (κ3) is 4.77. The molecule has 0 fully saturated rings. The topological polar surface area (TPSA) is 38.5 Å². The van der Waals surface area contributed by atoms with Gasteiger partial charge in [0, 0.05) is 42.9 Å². The summed E-state index contributed by atoms with van der Waals surface area (Å²) in [5.74, 6) is 1.97. The van der Waals surface area contributed by atoms with Crippen molar-refractivity contribution in [2.24, 2.45) is 0 Å². The number of thioether (sulfide) groups is 1. The van der Waals surface area contributed by atoms with E-state index in [-0.39, 0.29) is 0 Å². The van der Waals surface area contributed by atoms with E-state index in [9.17, 15) is 0 Å². The molecule has 0 spiro atoms. The summed E-state index contributed by atoms with van der Waals surface area (Å²) < 4.78 is 5.62. The number of nitrogens with two attached hydrogens (primary N) is 1. The molecule has 4 heteroatoms. The Morgan fingerprint density at radius 3 is 2.76 bits per heavy atom. The van der Waals surface area contributed by atoms with E-state index in [0.717, 1.165) is 42.4 Å². The zero-order valence-electron chi connectivity index (χ0n) is 10.9. The van der Waals surface area contributed by atoms with Gasteiger partial charge >= 0.3 is 0 Å². The van der Waals surface area contributed by atoms with Crippen molar-refractivity contribution >= 4 is 23.1 Å². The molecule has 0 heterocycles. The van der Waals surface area contributed by atoms with Crippen LogP contribution in [0.5, 0.6) is 5.75 Å². The lowest BCUT2D eigenvalue weighted by molar-refractivity contribution is 0.317. The van der Waals surface area contributed by atoms with Crippen molar-refractivity contribution in [1.82, 2.24) is 0 Å². The smallest absolute Gasteiger partial charge is 0.123 e. The third-order valence-corrected chi connectivity index (χ3v) is 3.05. The van der Waals surface area contributed by atoms with Gasteiger partial charge in [-0.2, -0.15) is 11.8 Å². The van der Waals surface area contributed by atoms with Crippen LogP contribution in [-0.2, 0) is 0 Å². The van der Waals surface area contributed by atoms with Crippen molar-refractivity contribution in [3.8, 4) is 5.75 Å². The standard InChI is InChI=1S/C13H22N2OS/c1-4-6-16-13-9-11(14)8-12(10-13)15(2)5-7-17-3/h8-10H,4-7,14H2,1-3H3. The summed E-state index contributed by atoms with van der Waals surface area (Å²) in [4.78, 5) is 2.20. The predicted octanol–water partition coefficient (Wildman–Crippen LogP) is 2.86. The largest absolute Gasteiger partial charge is 0.493 e. The summed E-state index contributed by atoms with van der Waals surface area (Å²) in [6, 6.07) is 5.91. The molecule has 1 aromatic carbocycles. The summed E-state index contributed by atoms with van der Waals surface area (Å²) in [5.41, 5.74) is 7.76. The molecule has 3 nitrogen and oxygen atoms in total. The van der Waals surface area contributed by atoms with E-state index in [0.29, 0.717) is 0 Å². The van der Waals surface area contributed by atoms with Gasteiger partial charge in [-0.3, -0.25) is 0 Å². The molecule has 96 valence electrons. The number of nitrogens with zero attached hydrogens (tertiary/aromatic N) is 1. The fourth-order valence-electron chi connectivity index (χ4n) is 1.49. The highest BCUT2D eigenvalue weighted by Crippen LogP contribution is 2.25. The molecule has 0 aliphatic heterocycles. The molecule has 1 rings (SSSR count). The van der Waals surface area contributed by atoms with Gasteiger partial charge in [0.05, 0.1) is 6.61 Å². The lowest BCUT2D eigenvalue weighted by Gasteiger charge is -2.20. The van der Waals surface area contributed by atoms with Gasteiger partial charge in [-0.25, -0.2) is 0 Å². The maximum atomic E-state index is 5.89. The number of nitrogen functional groups attached to an aromatic ring is 1. The Balaban J connectivity index is 2.73. The van der Waals surface area contributed by atoms with Crippen molar-refractivity contribution in [2.45, 2.75) is 13.3 Å². The molecular weight excluding hydrogens is 232 g/mol. The third-order valence-electron chi connectivity index (χ3n) is 2.46. The second-order valence-corrected chi connectivity index (χ2v) is 5.01. The van der Waals surface area contributed by atoms with Gasteiger partial charge in [0.25, 0.3) is 0 Å². The van der Waals surface area contributed by atoms with Gasteiger partial charge in [-0.05, 0) is 18.7 Å². The van der Waals surface area contributed by atoms with Crippen LogP contribution in [0.15, 0.2) is 18.2 Å². The van der Waals surface area contributed by atoms with Crippen molar-refractivity contribution in [3.63, 3.8) is 0 Å². The number of ether oxygens (including phenoxy) is 1. The summed E-state index contributed by atoms with van der Waals surface area (Å²) in [6.07, 6.45) is 3.12. The molecule has 0 atom stereocenters. The van der Waals surface area contributed by atoms with Crippen LogP contribution in [0.3, 0.4) is 0 Å². The minimum absolute atomic E-state index is 0.734. The first-order valence-corrected chi connectivity index (χ1v) is 7.30. The lowest BCUT2D eigenvalue weighted by Crippen LogP contribution is -2.20. The molecule has 0 saturated heterocycles. The number of hydrogen-bond donors (Lipinski definition) is 1. The Kier molecular flexibility index (Phi) is 6.05. The highest BCUT2D eigenvalue weighted by atomic mass is 32.2. The molecule has 1 aromatic rings. The molecule has 0 unspecified atom stereocenters. The van der Waals surface area contributed by atoms with Gasteiger partial charge < -0.3 is 15.4 Å². The van der Waals surface area contributed by atoms with Crippen LogP contribution in [-0.4, -0.2) is 32.2 Å². The van der Waals surface area contributed by atoms with Gasteiger partial charge in [-0.1, -0.05) is 6.92 Å². The van der Waals surface area contributed by atoms with E-state index in [1.807, 2.05) is 30.0 Å². The van der Waals surface area contributed by atoms with E-state index < -0.39 is 0 Å². The number of hydrogen-bond acceptors (Lipinski definition) is 4. The summed E-state index contributed by atoms with van der Waals surface area (Å²) in [6.45, 7) is 3.84. The zero-order valence-corrected chi connectivity index (χ0v) is 11.7. The Labute approximate surface area is 108 Å². The maximum absolute atomic E-state index is 5.89. The zero-order chi connectivity index (χ0) is 12.7. The fourth-order valence-corrected chi connectivity index (χ4v) is 1.94. The molecule has 0 aliphatic carbocycles. The predicted molar refractivity (Wildman–Crippen MR) is 78.3 cm³/mol. The van der Waals surface area contributed by atoms with Gasteiger partial charge in [0.15, 0.2) is 0 Å². The van der Waals surface area contributed by atoms with Crippen LogP contribution in [0.25, 0.3) is 0 Å². The normalized spacial score (nSPS) is 10.3. The van der Waals surface area contributed by atoms with E-state index in [1.54, 1.807) is 0 Å². The molecular formula is C13H22N2OS. The summed E-state index contributed by atoms with van der Waals surface area (Å²) in [5, 5.41) is 0. The van der Waals surface area contributed by atoms with Crippen molar-refractivity contribution in [1.29, 1.82) is 0 Å². The van der Waals surface area contributed by atoms with E-state index in [4.69, 9.17) is 10.5 Å². The molecule has 0 aromatic heterocycles. The minimum Gasteiger partial charge on any atom is -0.493 e. The Morgan fingerprint density at radius 1 is 1.35 bits per heavy atom. The number of benzene rings is 1. The summed E-state index contributed by atoms with van der Waals surface area (Å²) >= 11 is 1.84. The molecule has 0 bridgehead atoms. The highest BCUT2D eigenvalue weighted by molar-refractivity contribution is 7.98. The van der Waals surface area contributed by atoms with E-state index in [1.165, 1.54) is 0 Å². The first-order chi connectivity index (χ1) is 8.17. The molecule has 0 aliphatic rings. The van der Waals surface area contributed by atoms with Crippen LogP contribution in [0, 0.1) is 0 Å². The molecule has 0 radical (unpaired) electrons. The molecule has 0 saturated carbocycles. The first-order valence-electron chi connectivity index (χ1n) is 5.90. The quantitative estimate of drug-likeness (QED) is 0.759. The fraction of sp³-hybridized carbons (Fsp3) is 0.538. The Morgan fingerprint density at radius 2 is 2.12 bits per heavy atom. The van der Waals surface area contributed by atoms with Gasteiger partial charge in [0.1, 0.15) is 5.75 Å². The van der Waals surface area contributed by atoms with Crippen LogP contribution in [0.2, 0.25) is 0 Å². The molecule has 2 N–H and O–H groups in total. The highest BCUT2D eigenvalue weighted by Gasteiger charge is 2.04. The molecule has 0 amide bonds. The lowest BCUT2D eigenvalue weighted by atomic mass is 10.2. The average Bonchev–Trinajstić information content (AvgIpc) is 2.32. The minimum atomic E-state index is 0.734. The van der Waals surface area contributed by atoms with Gasteiger partial charge in [0.2, 0.25) is 0 Å².